The fourth-order valence-corrected chi connectivity index (χ4v) is 2.59. The molecule has 0 bridgehead atoms. The van der Waals surface area contributed by atoms with Gasteiger partial charge in [-0.3, -0.25) is 0 Å². The predicted octanol–water partition coefficient (Wildman–Crippen LogP) is 3.57. The van der Waals surface area contributed by atoms with Crippen molar-refractivity contribution in [2.75, 3.05) is 7.11 Å². The summed E-state index contributed by atoms with van der Waals surface area (Å²) in [7, 11) is 1.70. The first kappa shape index (κ1) is 9.85. The smallest absolute Gasteiger partial charge is 0.119 e. The highest BCUT2D eigenvalue weighted by Crippen LogP contribution is 2.38. The molecule has 2 rings (SSSR count). The minimum atomic E-state index is 0.308. The van der Waals surface area contributed by atoms with Gasteiger partial charge in [0.1, 0.15) is 5.75 Å². The number of hydrogen-bond acceptors (Lipinski definition) is 1. The zero-order valence-electron chi connectivity index (χ0n) is 8.37. The van der Waals surface area contributed by atoms with Crippen LogP contribution in [-0.2, 0) is 0 Å². The number of hydrogen-bond donors (Lipinski definition) is 0. The molecule has 0 N–H and O–H groups in total. The van der Waals surface area contributed by atoms with Crippen LogP contribution < -0.4 is 4.74 Å². The summed E-state index contributed by atoms with van der Waals surface area (Å²) >= 11 is 6.27. The highest BCUT2D eigenvalue weighted by molar-refractivity contribution is 6.21. The molecule has 2 atom stereocenters. The van der Waals surface area contributed by atoms with Gasteiger partial charge in [0.25, 0.3) is 0 Å². The van der Waals surface area contributed by atoms with Crippen molar-refractivity contribution >= 4 is 11.6 Å². The van der Waals surface area contributed by atoms with E-state index in [2.05, 4.69) is 12.1 Å². The fraction of sp³-hybridized carbons (Fsp3) is 0.500. The van der Waals surface area contributed by atoms with E-state index in [0.717, 1.165) is 12.2 Å². The van der Waals surface area contributed by atoms with Crippen LogP contribution in [0.15, 0.2) is 24.3 Å². The maximum Gasteiger partial charge on any atom is 0.119 e. The van der Waals surface area contributed by atoms with Crippen LogP contribution >= 0.6 is 11.6 Å². The molecule has 0 aliphatic heterocycles. The largest absolute Gasteiger partial charge is 0.497 e. The Kier molecular flexibility index (Phi) is 2.97. The molecule has 1 nitrogen and oxygen atoms in total. The molecule has 1 aliphatic carbocycles. The van der Waals surface area contributed by atoms with Crippen LogP contribution in [0.5, 0.6) is 5.75 Å². The van der Waals surface area contributed by atoms with Crippen molar-refractivity contribution in [3.05, 3.63) is 29.8 Å². The minimum Gasteiger partial charge on any atom is -0.497 e. The monoisotopic (exact) mass is 210 g/mol. The standard InChI is InChI=1S/C12H15ClO/c1-14-10-5-2-4-9(8-10)11-6-3-7-12(11)13/h2,4-5,8,11-12H,3,6-7H2,1H3. The van der Waals surface area contributed by atoms with Crippen molar-refractivity contribution in [2.24, 2.45) is 0 Å². The van der Waals surface area contributed by atoms with Gasteiger partial charge in [-0.1, -0.05) is 18.6 Å². The van der Waals surface area contributed by atoms with Gasteiger partial charge < -0.3 is 4.74 Å². The number of halogens is 1. The van der Waals surface area contributed by atoms with Gasteiger partial charge in [-0.2, -0.15) is 0 Å². The lowest BCUT2D eigenvalue weighted by Gasteiger charge is -2.14. The third-order valence-electron chi connectivity index (χ3n) is 2.95. The molecule has 1 saturated carbocycles. The van der Waals surface area contributed by atoms with Gasteiger partial charge in [-0.05, 0) is 30.5 Å². The molecule has 0 saturated heterocycles. The normalized spacial score (nSPS) is 26.4. The summed E-state index contributed by atoms with van der Waals surface area (Å²) < 4.78 is 5.21. The van der Waals surface area contributed by atoms with Crippen LogP contribution in [-0.4, -0.2) is 12.5 Å². The van der Waals surface area contributed by atoms with E-state index in [9.17, 15) is 0 Å². The zero-order valence-corrected chi connectivity index (χ0v) is 9.13. The van der Waals surface area contributed by atoms with Crippen LogP contribution in [0.1, 0.15) is 30.7 Å². The second-order valence-electron chi connectivity index (χ2n) is 3.83. The summed E-state index contributed by atoms with van der Waals surface area (Å²) in [5, 5.41) is 0.308. The van der Waals surface area contributed by atoms with Gasteiger partial charge in [0.15, 0.2) is 0 Å². The van der Waals surface area contributed by atoms with Crippen molar-refractivity contribution in [1.29, 1.82) is 0 Å². The van der Waals surface area contributed by atoms with Crippen LogP contribution in [0.3, 0.4) is 0 Å². The topological polar surface area (TPSA) is 9.23 Å². The Hall–Kier alpha value is -0.690. The summed E-state index contributed by atoms with van der Waals surface area (Å²) in [4.78, 5) is 0. The molecular weight excluding hydrogens is 196 g/mol. The molecule has 0 radical (unpaired) electrons. The summed E-state index contributed by atoms with van der Waals surface area (Å²) in [5.41, 5.74) is 1.32. The second-order valence-corrected chi connectivity index (χ2v) is 4.39. The van der Waals surface area contributed by atoms with Gasteiger partial charge in [0.05, 0.1) is 7.11 Å². The number of methoxy groups -OCH3 is 1. The third-order valence-corrected chi connectivity index (χ3v) is 3.48. The average Bonchev–Trinajstić information content (AvgIpc) is 2.65. The van der Waals surface area contributed by atoms with E-state index in [0.29, 0.717) is 11.3 Å². The zero-order chi connectivity index (χ0) is 9.97. The van der Waals surface area contributed by atoms with Gasteiger partial charge in [-0.15, -0.1) is 11.6 Å². The first-order chi connectivity index (χ1) is 6.81. The maximum absolute atomic E-state index is 6.27. The van der Waals surface area contributed by atoms with E-state index >= 15 is 0 Å². The van der Waals surface area contributed by atoms with Gasteiger partial charge >= 0.3 is 0 Å². The van der Waals surface area contributed by atoms with Crippen LogP contribution in [0.25, 0.3) is 0 Å². The maximum atomic E-state index is 6.27. The SMILES string of the molecule is COc1cccc(C2CCCC2Cl)c1. The summed E-state index contributed by atoms with van der Waals surface area (Å²) in [6.07, 6.45) is 3.60. The van der Waals surface area contributed by atoms with Crippen LogP contribution in [0, 0.1) is 0 Å². The minimum absolute atomic E-state index is 0.308. The molecular formula is C12H15ClO. The van der Waals surface area contributed by atoms with Crippen molar-refractivity contribution in [1.82, 2.24) is 0 Å². The van der Waals surface area contributed by atoms with E-state index in [1.165, 1.54) is 18.4 Å². The Labute approximate surface area is 90.0 Å². The third kappa shape index (κ3) is 1.88. The average molecular weight is 211 g/mol. The van der Waals surface area contributed by atoms with Crippen LogP contribution in [0.2, 0.25) is 0 Å². The number of alkyl halides is 1. The fourth-order valence-electron chi connectivity index (χ4n) is 2.16. The van der Waals surface area contributed by atoms with Crippen molar-refractivity contribution in [3.63, 3.8) is 0 Å². The summed E-state index contributed by atoms with van der Waals surface area (Å²) in [6, 6.07) is 8.26. The quantitative estimate of drug-likeness (QED) is 0.679. The van der Waals surface area contributed by atoms with Crippen molar-refractivity contribution in [2.45, 2.75) is 30.6 Å². The van der Waals surface area contributed by atoms with E-state index in [1.807, 2.05) is 12.1 Å². The Balaban J connectivity index is 2.22. The highest BCUT2D eigenvalue weighted by Gasteiger charge is 2.26. The lowest BCUT2D eigenvalue weighted by molar-refractivity contribution is 0.414. The molecule has 14 heavy (non-hydrogen) atoms. The molecule has 76 valence electrons. The van der Waals surface area contributed by atoms with E-state index in [1.54, 1.807) is 7.11 Å². The van der Waals surface area contributed by atoms with Crippen molar-refractivity contribution in [3.8, 4) is 5.75 Å². The van der Waals surface area contributed by atoms with E-state index < -0.39 is 0 Å². The number of ether oxygens (including phenoxy) is 1. The Morgan fingerprint density at radius 1 is 1.36 bits per heavy atom. The lowest BCUT2D eigenvalue weighted by atomic mass is 9.97. The predicted molar refractivity (Wildman–Crippen MR) is 59.2 cm³/mol. The molecule has 2 heteroatoms. The Bertz CT molecular complexity index is 311. The van der Waals surface area contributed by atoms with Gasteiger partial charge in [0, 0.05) is 11.3 Å². The molecule has 1 aromatic rings. The molecule has 0 amide bonds. The summed E-state index contributed by atoms with van der Waals surface area (Å²) in [5.74, 6) is 1.45. The number of rotatable bonds is 2. The first-order valence-electron chi connectivity index (χ1n) is 5.09. The molecule has 1 aliphatic rings. The van der Waals surface area contributed by atoms with Gasteiger partial charge in [-0.25, -0.2) is 0 Å². The Morgan fingerprint density at radius 2 is 2.21 bits per heavy atom. The molecule has 2 unspecified atom stereocenters. The van der Waals surface area contributed by atoms with Crippen LogP contribution in [0.4, 0.5) is 0 Å². The lowest BCUT2D eigenvalue weighted by Crippen LogP contribution is -2.04. The van der Waals surface area contributed by atoms with E-state index in [4.69, 9.17) is 16.3 Å². The molecule has 0 heterocycles. The molecule has 1 aromatic carbocycles. The number of benzene rings is 1. The van der Waals surface area contributed by atoms with Crippen molar-refractivity contribution < 1.29 is 4.74 Å². The molecule has 0 spiro atoms. The second kappa shape index (κ2) is 4.22. The Morgan fingerprint density at radius 3 is 2.86 bits per heavy atom. The first-order valence-corrected chi connectivity index (χ1v) is 5.53. The van der Waals surface area contributed by atoms with Gasteiger partial charge in [0.2, 0.25) is 0 Å². The highest BCUT2D eigenvalue weighted by atomic mass is 35.5. The van der Waals surface area contributed by atoms with E-state index in [-0.39, 0.29) is 0 Å². The summed E-state index contributed by atoms with van der Waals surface area (Å²) in [6.45, 7) is 0. The molecule has 0 aromatic heterocycles. The molecule has 1 fully saturated rings.